The third-order valence-corrected chi connectivity index (χ3v) is 4.41. The summed E-state index contributed by atoms with van der Waals surface area (Å²) >= 11 is 0. The van der Waals surface area contributed by atoms with Crippen molar-refractivity contribution in [1.29, 1.82) is 5.26 Å². The number of nitriles is 1. The Morgan fingerprint density at radius 1 is 1.39 bits per heavy atom. The lowest BCUT2D eigenvalue weighted by Gasteiger charge is -2.37. The second kappa shape index (κ2) is 7.11. The zero-order valence-electron chi connectivity index (χ0n) is 12.5. The minimum absolute atomic E-state index is 0.374. The zero-order chi connectivity index (χ0) is 13.6. The minimum Gasteiger partial charge on any atom is -0.303 e. The molecule has 0 heterocycles. The van der Waals surface area contributed by atoms with E-state index >= 15 is 0 Å². The van der Waals surface area contributed by atoms with Crippen LogP contribution in [-0.2, 0) is 0 Å². The van der Waals surface area contributed by atoms with E-state index in [1.807, 2.05) is 6.92 Å². The third kappa shape index (κ3) is 4.26. The Kier molecular flexibility index (Phi) is 6.11. The summed E-state index contributed by atoms with van der Waals surface area (Å²) in [6, 6.07) is 3.12. The second-order valence-corrected chi connectivity index (χ2v) is 6.03. The Hall–Kier alpha value is -0.590. The Morgan fingerprint density at radius 2 is 2.06 bits per heavy atom. The molecule has 0 saturated heterocycles. The monoisotopic (exact) mass is 251 g/mol. The fraction of sp³-hybridized carbons (Fsp3) is 0.933. The van der Waals surface area contributed by atoms with Crippen LogP contribution in [0.3, 0.4) is 0 Å². The van der Waals surface area contributed by atoms with Crippen molar-refractivity contribution in [2.75, 3.05) is 20.1 Å². The molecule has 0 spiro atoms. The molecular weight excluding hydrogens is 222 g/mol. The molecule has 18 heavy (non-hydrogen) atoms. The van der Waals surface area contributed by atoms with Gasteiger partial charge in [-0.1, -0.05) is 26.7 Å². The Bertz CT molecular complexity index is 284. The van der Waals surface area contributed by atoms with Crippen molar-refractivity contribution in [3.8, 4) is 6.07 Å². The van der Waals surface area contributed by atoms with Gasteiger partial charge in [-0.2, -0.15) is 5.26 Å². The summed E-state index contributed by atoms with van der Waals surface area (Å²) in [5.74, 6) is 0.802. The van der Waals surface area contributed by atoms with Crippen molar-refractivity contribution in [2.24, 2.45) is 5.92 Å². The van der Waals surface area contributed by atoms with Gasteiger partial charge in [0.05, 0.1) is 6.07 Å². The van der Waals surface area contributed by atoms with Gasteiger partial charge in [-0.05, 0) is 45.7 Å². The Morgan fingerprint density at radius 3 is 2.61 bits per heavy atom. The normalized spacial score (nSPS) is 27.8. The maximum atomic E-state index is 9.26. The molecule has 3 unspecified atom stereocenters. The Labute approximate surface area is 113 Å². The number of hydrogen-bond acceptors (Lipinski definition) is 3. The molecule has 0 aromatic heterocycles. The third-order valence-electron chi connectivity index (χ3n) is 4.41. The molecule has 1 N–H and O–H groups in total. The maximum absolute atomic E-state index is 9.26. The molecule has 0 radical (unpaired) electrons. The highest BCUT2D eigenvalue weighted by Crippen LogP contribution is 2.27. The molecule has 1 fully saturated rings. The molecule has 104 valence electrons. The quantitative estimate of drug-likeness (QED) is 0.789. The van der Waals surface area contributed by atoms with Crippen molar-refractivity contribution in [3.63, 3.8) is 0 Å². The fourth-order valence-corrected chi connectivity index (χ4v) is 3.09. The molecule has 0 amide bonds. The van der Waals surface area contributed by atoms with Gasteiger partial charge in [0.15, 0.2) is 0 Å². The van der Waals surface area contributed by atoms with Crippen LogP contribution in [0.25, 0.3) is 0 Å². The van der Waals surface area contributed by atoms with Crippen LogP contribution in [0.1, 0.15) is 52.9 Å². The summed E-state index contributed by atoms with van der Waals surface area (Å²) in [5, 5.41) is 12.6. The SMILES string of the molecule is CCNC(C)(C#N)CCN(C)C1CCCCC1C. The topological polar surface area (TPSA) is 39.1 Å². The van der Waals surface area contributed by atoms with E-state index in [1.165, 1.54) is 25.7 Å². The summed E-state index contributed by atoms with van der Waals surface area (Å²) in [6.07, 6.45) is 6.33. The molecule has 1 aliphatic rings. The molecule has 0 aromatic carbocycles. The lowest BCUT2D eigenvalue weighted by molar-refractivity contribution is 0.131. The zero-order valence-corrected chi connectivity index (χ0v) is 12.5. The van der Waals surface area contributed by atoms with E-state index < -0.39 is 0 Å². The van der Waals surface area contributed by atoms with Crippen LogP contribution in [0.15, 0.2) is 0 Å². The van der Waals surface area contributed by atoms with Crippen LogP contribution in [0.2, 0.25) is 0 Å². The molecule has 0 bridgehead atoms. The highest BCUT2D eigenvalue weighted by Gasteiger charge is 2.27. The van der Waals surface area contributed by atoms with Gasteiger partial charge in [0.25, 0.3) is 0 Å². The second-order valence-electron chi connectivity index (χ2n) is 6.03. The van der Waals surface area contributed by atoms with E-state index in [2.05, 4.69) is 37.2 Å². The number of nitrogens with zero attached hydrogens (tertiary/aromatic N) is 2. The molecule has 3 heteroatoms. The van der Waals surface area contributed by atoms with Crippen molar-refractivity contribution < 1.29 is 0 Å². The molecule has 1 saturated carbocycles. The summed E-state index contributed by atoms with van der Waals surface area (Å²) in [5.41, 5.74) is -0.374. The van der Waals surface area contributed by atoms with Crippen molar-refractivity contribution in [2.45, 2.75) is 64.5 Å². The van der Waals surface area contributed by atoms with Crippen LogP contribution in [-0.4, -0.2) is 36.6 Å². The van der Waals surface area contributed by atoms with E-state index in [1.54, 1.807) is 0 Å². The number of hydrogen-bond donors (Lipinski definition) is 1. The first kappa shape index (κ1) is 15.5. The molecule has 0 aromatic rings. The van der Waals surface area contributed by atoms with E-state index in [9.17, 15) is 5.26 Å². The van der Waals surface area contributed by atoms with Gasteiger partial charge >= 0.3 is 0 Å². The smallest absolute Gasteiger partial charge is 0.105 e. The van der Waals surface area contributed by atoms with E-state index in [-0.39, 0.29) is 5.54 Å². The van der Waals surface area contributed by atoms with Gasteiger partial charge in [-0.25, -0.2) is 0 Å². The van der Waals surface area contributed by atoms with E-state index in [0.717, 1.165) is 25.4 Å². The Balaban J connectivity index is 2.44. The molecule has 1 aliphatic carbocycles. The number of rotatable bonds is 6. The first-order valence-corrected chi connectivity index (χ1v) is 7.39. The molecule has 1 rings (SSSR count). The van der Waals surface area contributed by atoms with E-state index in [0.29, 0.717) is 6.04 Å². The highest BCUT2D eigenvalue weighted by atomic mass is 15.1. The average Bonchev–Trinajstić information content (AvgIpc) is 2.37. The van der Waals surface area contributed by atoms with Crippen molar-refractivity contribution in [3.05, 3.63) is 0 Å². The van der Waals surface area contributed by atoms with Crippen LogP contribution in [0.4, 0.5) is 0 Å². The molecule has 3 atom stereocenters. The molecule has 3 nitrogen and oxygen atoms in total. The van der Waals surface area contributed by atoms with Gasteiger partial charge in [0.1, 0.15) is 5.54 Å². The first-order valence-electron chi connectivity index (χ1n) is 7.39. The summed E-state index contributed by atoms with van der Waals surface area (Å²) in [4.78, 5) is 2.47. The minimum atomic E-state index is -0.374. The van der Waals surface area contributed by atoms with Gasteiger partial charge in [0.2, 0.25) is 0 Å². The predicted molar refractivity (Wildman–Crippen MR) is 76.4 cm³/mol. The highest BCUT2D eigenvalue weighted by molar-refractivity contribution is 5.03. The largest absolute Gasteiger partial charge is 0.303 e. The van der Waals surface area contributed by atoms with Crippen LogP contribution >= 0.6 is 0 Å². The summed E-state index contributed by atoms with van der Waals surface area (Å²) in [6.45, 7) is 8.30. The fourth-order valence-electron chi connectivity index (χ4n) is 3.09. The predicted octanol–water partition coefficient (Wildman–Crippen LogP) is 2.78. The summed E-state index contributed by atoms with van der Waals surface area (Å²) in [7, 11) is 2.22. The van der Waals surface area contributed by atoms with Crippen LogP contribution < -0.4 is 5.32 Å². The van der Waals surface area contributed by atoms with Crippen molar-refractivity contribution >= 4 is 0 Å². The average molecular weight is 251 g/mol. The van der Waals surface area contributed by atoms with Gasteiger partial charge in [-0.15, -0.1) is 0 Å². The van der Waals surface area contributed by atoms with E-state index in [4.69, 9.17) is 0 Å². The lowest BCUT2D eigenvalue weighted by Crippen LogP contribution is -2.46. The first-order chi connectivity index (χ1) is 8.52. The molecule has 0 aliphatic heterocycles. The van der Waals surface area contributed by atoms with Crippen molar-refractivity contribution in [1.82, 2.24) is 10.2 Å². The molecular formula is C15H29N3. The lowest BCUT2D eigenvalue weighted by atomic mass is 9.85. The summed E-state index contributed by atoms with van der Waals surface area (Å²) < 4.78 is 0. The van der Waals surface area contributed by atoms with Crippen LogP contribution in [0.5, 0.6) is 0 Å². The van der Waals surface area contributed by atoms with Gasteiger partial charge in [0, 0.05) is 12.6 Å². The van der Waals surface area contributed by atoms with Gasteiger partial charge in [-0.3, -0.25) is 5.32 Å². The van der Waals surface area contributed by atoms with Gasteiger partial charge < -0.3 is 4.90 Å². The standard InChI is InChI=1S/C15H29N3/c1-5-17-15(3,12-16)10-11-18(4)14-9-7-6-8-13(14)2/h13-14,17H,5-11H2,1-4H3. The van der Waals surface area contributed by atoms with Crippen LogP contribution in [0, 0.1) is 17.2 Å². The number of nitrogens with one attached hydrogen (secondary N) is 1. The maximum Gasteiger partial charge on any atom is 0.105 e.